The molecule has 0 spiro atoms. The Hall–Kier alpha value is -3.69. The topological polar surface area (TPSA) is 102 Å². The maximum absolute atomic E-state index is 13.9. The van der Waals surface area contributed by atoms with Crippen LogP contribution in [-0.4, -0.2) is 74.1 Å². The van der Waals surface area contributed by atoms with E-state index in [-0.39, 0.29) is 17.9 Å². The SMILES string of the molecule is CCOc1ccc(C2C(C(=O)c3cc4cc(Cl)cc(OC)c4o3)=C(O)C(=O)N2CCN(C)C)cc1OCC. The fourth-order valence-corrected chi connectivity index (χ4v) is 4.71. The van der Waals surface area contributed by atoms with Crippen molar-refractivity contribution in [1.29, 1.82) is 0 Å². The molecule has 38 heavy (non-hydrogen) atoms. The molecule has 0 bridgehead atoms. The predicted molar refractivity (Wildman–Crippen MR) is 144 cm³/mol. The van der Waals surface area contributed by atoms with Crippen LogP contribution in [0.4, 0.5) is 0 Å². The smallest absolute Gasteiger partial charge is 0.290 e. The number of fused-ring (bicyclic) bond motifs is 1. The quantitative estimate of drug-likeness (QED) is 0.337. The molecule has 1 aromatic heterocycles. The van der Waals surface area contributed by atoms with Crippen LogP contribution in [0.1, 0.15) is 36.0 Å². The monoisotopic (exact) mass is 542 g/mol. The van der Waals surface area contributed by atoms with E-state index in [1.165, 1.54) is 18.1 Å². The summed E-state index contributed by atoms with van der Waals surface area (Å²) in [7, 11) is 5.23. The van der Waals surface area contributed by atoms with Gasteiger partial charge in [-0.15, -0.1) is 0 Å². The maximum Gasteiger partial charge on any atom is 0.290 e. The zero-order chi connectivity index (χ0) is 27.6. The van der Waals surface area contributed by atoms with Gasteiger partial charge in [-0.1, -0.05) is 17.7 Å². The number of aliphatic hydroxyl groups excluding tert-OH is 1. The van der Waals surface area contributed by atoms with E-state index in [9.17, 15) is 14.7 Å². The van der Waals surface area contributed by atoms with Crippen LogP contribution < -0.4 is 14.2 Å². The van der Waals surface area contributed by atoms with Gasteiger partial charge in [0.05, 0.1) is 31.9 Å². The lowest BCUT2D eigenvalue weighted by molar-refractivity contribution is -0.129. The molecule has 2 heterocycles. The number of nitrogens with zero attached hydrogens (tertiary/aromatic N) is 2. The van der Waals surface area contributed by atoms with Gasteiger partial charge in [-0.2, -0.15) is 0 Å². The van der Waals surface area contributed by atoms with Crippen LogP contribution in [-0.2, 0) is 4.79 Å². The minimum absolute atomic E-state index is 0.0506. The maximum atomic E-state index is 13.9. The first-order valence-corrected chi connectivity index (χ1v) is 12.7. The van der Waals surface area contributed by atoms with Crippen LogP contribution >= 0.6 is 11.6 Å². The zero-order valence-electron chi connectivity index (χ0n) is 22.0. The molecule has 3 aromatic rings. The van der Waals surface area contributed by atoms with Crippen molar-refractivity contribution in [2.45, 2.75) is 19.9 Å². The molecule has 0 radical (unpaired) electrons. The van der Waals surface area contributed by atoms with Crippen LogP contribution in [0.3, 0.4) is 0 Å². The summed E-state index contributed by atoms with van der Waals surface area (Å²) in [6.45, 7) is 5.36. The Morgan fingerprint density at radius 1 is 1.08 bits per heavy atom. The molecule has 202 valence electrons. The standard InChI is InChI=1S/C28H31ClN2O7/c1-6-36-19-9-8-16(13-20(19)37-7-2)24-23(26(33)28(34)31(24)11-10-30(3)4)25(32)21-14-17-12-18(29)15-22(35-5)27(17)38-21/h8-9,12-15,24,33H,6-7,10-11H2,1-5H3. The van der Waals surface area contributed by atoms with E-state index in [2.05, 4.69) is 0 Å². The highest BCUT2D eigenvalue weighted by Gasteiger charge is 2.44. The number of hydrogen-bond donors (Lipinski definition) is 1. The lowest BCUT2D eigenvalue weighted by atomic mass is 9.94. The van der Waals surface area contributed by atoms with Crippen molar-refractivity contribution in [2.24, 2.45) is 0 Å². The Bertz CT molecular complexity index is 1400. The minimum atomic E-state index is -0.872. The van der Waals surface area contributed by atoms with Crippen molar-refractivity contribution in [3.63, 3.8) is 0 Å². The van der Waals surface area contributed by atoms with Gasteiger partial charge in [-0.3, -0.25) is 9.59 Å². The van der Waals surface area contributed by atoms with Crippen molar-refractivity contribution in [3.05, 3.63) is 64.1 Å². The number of carbonyl (C=O) groups is 2. The number of methoxy groups -OCH3 is 1. The van der Waals surface area contributed by atoms with Gasteiger partial charge in [0.2, 0.25) is 5.78 Å². The van der Waals surface area contributed by atoms with Crippen molar-refractivity contribution in [2.75, 3.05) is 47.5 Å². The lowest BCUT2D eigenvalue weighted by Gasteiger charge is -2.28. The first-order chi connectivity index (χ1) is 18.2. The number of carbonyl (C=O) groups excluding carboxylic acids is 2. The van der Waals surface area contributed by atoms with E-state index < -0.39 is 23.5 Å². The Morgan fingerprint density at radius 3 is 2.45 bits per heavy atom. The molecule has 0 fully saturated rings. The highest BCUT2D eigenvalue weighted by atomic mass is 35.5. The summed E-state index contributed by atoms with van der Waals surface area (Å²) in [5.41, 5.74) is 0.850. The van der Waals surface area contributed by atoms with E-state index in [4.69, 9.17) is 30.2 Å². The second-order valence-electron chi connectivity index (χ2n) is 9.01. The molecule has 1 unspecified atom stereocenters. The number of amides is 1. The lowest BCUT2D eigenvalue weighted by Crippen LogP contribution is -2.36. The third-order valence-electron chi connectivity index (χ3n) is 6.21. The average molecular weight is 543 g/mol. The molecule has 0 saturated heterocycles. The Morgan fingerprint density at radius 2 is 1.79 bits per heavy atom. The molecule has 1 aliphatic rings. The number of ether oxygens (including phenoxy) is 3. The molecule has 0 saturated carbocycles. The molecule has 1 aliphatic heterocycles. The van der Waals surface area contributed by atoms with Gasteiger partial charge in [0.15, 0.2) is 34.4 Å². The van der Waals surface area contributed by atoms with Gasteiger partial charge < -0.3 is 33.5 Å². The highest BCUT2D eigenvalue weighted by Crippen LogP contribution is 2.42. The number of hydrogen-bond acceptors (Lipinski definition) is 8. The van der Waals surface area contributed by atoms with Crippen molar-refractivity contribution >= 4 is 34.3 Å². The van der Waals surface area contributed by atoms with Crippen LogP contribution in [0.5, 0.6) is 17.2 Å². The van der Waals surface area contributed by atoms with Gasteiger partial charge in [0, 0.05) is 29.6 Å². The Kier molecular flexibility index (Phi) is 8.18. The normalized spacial score (nSPS) is 15.6. The number of Topliss-reactive ketones (excluding diaryl/α,β-unsaturated/α-hetero) is 1. The molecule has 10 heteroatoms. The van der Waals surface area contributed by atoms with Crippen molar-refractivity contribution in [1.82, 2.24) is 9.80 Å². The number of furan rings is 1. The van der Waals surface area contributed by atoms with E-state index in [1.54, 1.807) is 30.3 Å². The number of likely N-dealkylation sites (N-methyl/N-ethyl adjacent to an activating group) is 1. The summed E-state index contributed by atoms with van der Waals surface area (Å²) >= 11 is 6.19. The number of halogens is 1. The summed E-state index contributed by atoms with van der Waals surface area (Å²) in [6.07, 6.45) is 0. The van der Waals surface area contributed by atoms with Gasteiger partial charge in [-0.25, -0.2) is 0 Å². The fourth-order valence-electron chi connectivity index (χ4n) is 4.49. The van der Waals surface area contributed by atoms with Crippen molar-refractivity contribution < 1.29 is 33.3 Å². The van der Waals surface area contributed by atoms with Gasteiger partial charge >= 0.3 is 0 Å². The number of aliphatic hydroxyl groups is 1. The average Bonchev–Trinajstić information content (AvgIpc) is 3.42. The molecule has 1 atom stereocenters. The largest absolute Gasteiger partial charge is 0.503 e. The summed E-state index contributed by atoms with van der Waals surface area (Å²) in [4.78, 5) is 30.5. The first-order valence-electron chi connectivity index (χ1n) is 12.3. The molecule has 0 aliphatic carbocycles. The van der Waals surface area contributed by atoms with Crippen LogP contribution in [0, 0.1) is 0 Å². The Balaban J connectivity index is 1.83. The molecule has 1 amide bonds. The Labute approximate surface area is 226 Å². The summed E-state index contributed by atoms with van der Waals surface area (Å²) in [5, 5.41) is 12.0. The molecule has 2 aromatic carbocycles. The summed E-state index contributed by atoms with van der Waals surface area (Å²) < 4.78 is 22.7. The second-order valence-corrected chi connectivity index (χ2v) is 9.44. The minimum Gasteiger partial charge on any atom is -0.503 e. The van der Waals surface area contributed by atoms with E-state index in [1.807, 2.05) is 32.8 Å². The van der Waals surface area contributed by atoms with Crippen LogP contribution in [0.25, 0.3) is 11.0 Å². The van der Waals surface area contributed by atoms with Crippen LogP contribution in [0.15, 0.2) is 52.1 Å². The van der Waals surface area contributed by atoms with E-state index in [0.29, 0.717) is 58.6 Å². The predicted octanol–water partition coefficient (Wildman–Crippen LogP) is 5.03. The highest BCUT2D eigenvalue weighted by molar-refractivity contribution is 6.31. The van der Waals surface area contributed by atoms with Crippen molar-refractivity contribution in [3.8, 4) is 17.2 Å². The molecule has 4 rings (SSSR count). The second kappa shape index (κ2) is 11.4. The van der Waals surface area contributed by atoms with E-state index >= 15 is 0 Å². The fraction of sp³-hybridized carbons (Fsp3) is 0.357. The third kappa shape index (κ3) is 5.16. The zero-order valence-corrected chi connectivity index (χ0v) is 22.8. The molecule has 1 N–H and O–H groups in total. The van der Waals surface area contributed by atoms with Gasteiger partial charge in [-0.05, 0) is 57.8 Å². The number of ketones is 1. The third-order valence-corrected chi connectivity index (χ3v) is 6.43. The molecular weight excluding hydrogens is 512 g/mol. The van der Waals surface area contributed by atoms with Crippen LogP contribution in [0.2, 0.25) is 5.02 Å². The number of benzene rings is 2. The van der Waals surface area contributed by atoms with E-state index in [0.717, 1.165) is 0 Å². The van der Waals surface area contributed by atoms with Gasteiger partial charge in [0.25, 0.3) is 5.91 Å². The first kappa shape index (κ1) is 27.3. The molecule has 9 nitrogen and oxygen atoms in total. The number of rotatable bonds is 11. The summed E-state index contributed by atoms with van der Waals surface area (Å²) in [6, 6.07) is 9.13. The van der Waals surface area contributed by atoms with Gasteiger partial charge in [0.1, 0.15) is 0 Å². The summed E-state index contributed by atoms with van der Waals surface area (Å²) in [5.74, 6) is -0.526. The molecular formula is C28H31ClN2O7.